The van der Waals surface area contributed by atoms with Gasteiger partial charge in [0.2, 0.25) is 5.95 Å². The monoisotopic (exact) mass is 274 g/mol. The van der Waals surface area contributed by atoms with Crippen molar-refractivity contribution in [1.82, 2.24) is 9.97 Å². The van der Waals surface area contributed by atoms with Crippen molar-refractivity contribution in [3.05, 3.63) is 28.6 Å². The van der Waals surface area contributed by atoms with Crippen molar-refractivity contribution in [3.63, 3.8) is 0 Å². The van der Waals surface area contributed by atoms with Crippen LogP contribution < -0.4 is 16.6 Å². The van der Waals surface area contributed by atoms with Crippen molar-refractivity contribution in [2.24, 2.45) is 5.92 Å². The second-order valence-corrected chi connectivity index (χ2v) is 5.40. The van der Waals surface area contributed by atoms with E-state index in [1.54, 1.807) is 18.2 Å². The second-order valence-electron chi connectivity index (χ2n) is 5.40. The molecule has 0 spiro atoms. The van der Waals surface area contributed by atoms with Crippen molar-refractivity contribution < 1.29 is 5.11 Å². The number of benzene rings is 1. The minimum Gasteiger partial charge on any atom is -0.399 e. The predicted molar refractivity (Wildman–Crippen MR) is 78.6 cm³/mol. The summed E-state index contributed by atoms with van der Waals surface area (Å²) in [5.74, 6) is 0.895. The number of hydrogen-bond acceptors (Lipinski definition) is 5. The lowest BCUT2D eigenvalue weighted by atomic mass is 10.1. The summed E-state index contributed by atoms with van der Waals surface area (Å²) in [6, 6.07) is 5.09. The molecule has 2 unspecified atom stereocenters. The maximum atomic E-state index is 12.0. The predicted octanol–water partition coefficient (Wildman–Crippen LogP) is 1.08. The number of H-pyrrole nitrogens is 1. The summed E-state index contributed by atoms with van der Waals surface area (Å²) in [6.07, 6.45) is 2.48. The first-order valence-electron chi connectivity index (χ1n) is 6.83. The number of nitrogens with one attached hydrogen (secondary N) is 2. The molecule has 1 aliphatic carbocycles. The van der Waals surface area contributed by atoms with Crippen LogP contribution >= 0.6 is 0 Å². The van der Waals surface area contributed by atoms with E-state index >= 15 is 0 Å². The Balaban J connectivity index is 1.79. The first-order chi connectivity index (χ1) is 9.61. The third kappa shape index (κ3) is 2.60. The molecular formula is C14H18N4O2. The molecule has 1 aromatic heterocycles. The van der Waals surface area contributed by atoms with Gasteiger partial charge in [-0.05, 0) is 43.4 Å². The molecule has 0 aliphatic heterocycles. The molecule has 0 radical (unpaired) electrons. The van der Waals surface area contributed by atoms with Crippen molar-refractivity contribution in [3.8, 4) is 0 Å². The number of rotatable bonds is 3. The zero-order valence-electron chi connectivity index (χ0n) is 11.1. The van der Waals surface area contributed by atoms with E-state index < -0.39 is 0 Å². The summed E-state index contributed by atoms with van der Waals surface area (Å²) in [5.41, 5.74) is 6.64. The lowest BCUT2D eigenvalue weighted by Crippen LogP contribution is -2.18. The number of fused-ring (bicyclic) bond motifs is 1. The average Bonchev–Trinajstić information content (AvgIpc) is 2.83. The van der Waals surface area contributed by atoms with E-state index in [4.69, 9.17) is 5.73 Å². The lowest BCUT2D eigenvalue weighted by molar-refractivity contribution is 0.178. The molecule has 5 N–H and O–H groups in total. The van der Waals surface area contributed by atoms with Crippen LogP contribution in [0.2, 0.25) is 0 Å². The summed E-state index contributed by atoms with van der Waals surface area (Å²) in [4.78, 5) is 19.1. The van der Waals surface area contributed by atoms with Crippen LogP contribution in [0.5, 0.6) is 0 Å². The van der Waals surface area contributed by atoms with E-state index in [0.717, 1.165) is 19.3 Å². The van der Waals surface area contributed by atoms with Gasteiger partial charge in [0, 0.05) is 12.2 Å². The maximum absolute atomic E-state index is 12.0. The van der Waals surface area contributed by atoms with Crippen molar-refractivity contribution in [2.75, 3.05) is 17.6 Å². The number of nitrogens with zero attached hydrogens (tertiary/aromatic N) is 1. The van der Waals surface area contributed by atoms with Crippen LogP contribution in [0.1, 0.15) is 19.3 Å². The van der Waals surface area contributed by atoms with Crippen LogP contribution in [0, 0.1) is 5.92 Å². The van der Waals surface area contributed by atoms with Gasteiger partial charge >= 0.3 is 0 Å². The number of anilines is 2. The Morgan fingerprint density at radius 2 is 2.30 bits per heavy atom. The van der Waals surface area contributed by atoms with E-state index in [1.807, 2.05) is 0 Å². The number of aliphatic hydroxyl groups excluding tert-OH is 1. The topological polar surface area (TPSA) is 104 Å². The van der Waals surface area contributed by atoms with Crippen LogP contribution in [-0.2, 0) is 0 Å². The normalized spacial score (nSPS) is 22.2. The smallest absolute Gasteiger partial charge is 0.260 e. The fraction of sp³-hybridized carbons (Fsp3) is 0.429. The Morgan fingerprint density at radius 1 is 1.45 bits per heavy atom. The van der Waals surface area contributed by atoms with E-state index in [1.165, 1.54) is 0 Å². The zero-order chi connectivity index (χ0) is 14.1. The van der Waals surface area contributed by atoms with Crippen molar-refractivity contribution in [2.45, 2.75) is 25.4 Å². The molecule has 0 bridgehead atoms. The van der Waals surface area contributed by atoms with Crippen LogP contribution in [0.3, 0.4) is 0 Å². The molecule has 6 heteroatoms. The Hall–Kier alpha value is -2.08. The summed E-state index contributed by atoms with van der Waals surface area (Å²) in [6.45, 7) is 0.709. The van der Waals surface area contributed by atoms with Gasteiger partial charge in [-0.25, -0.2) is 4.98 Å². The standard InChI is InChI=1S/C14H18N4O2/c15-9-2-4-12-11(6-9)13(20)18-14(17-12)16-7-8-1-3-10(19)5-8/h2,4,6,8,10,19H,1,3,5,7,15H2,(H2,16,17,18,20). The summed E-state index contributed by atoms with van der Waals surface area (Å²) in [5, 5.41) is 13.1. The van der Waals surface area contributed by atoms with Gasteiger partial charge in [0.25, 0.3) is 5.56 Å². The molecule has 106 valence electrons. The molecule has 1 aliphatic rings. The SMILES string of the molecule is Nc1ccc2nc(NCC3CCC(O)C3)[nH]c(=O)c2c1. The van der Waals surface area contributed by atoms with Gasteiger partial charge in [-0.15, -0.1) is 0 Å². The molecule has 3 rings (SSSR count). The molecular weight excluding hydrogens is 256 g/mol. The minimum absolute atomic E-state index is 0.187. The molecule has 6 nitrogen and oxygen atoms in total. The zero-order valence-corrected chi connectivity index (χ0v) is 11.1. The van der Waals surface area contributed by atoms with Gasteiger partial charge < -0.3 is 16.2 Å². The Bertz CT molecular complexity index is 682. The highest BCUT2D eigenvalue weighted by atomic mass is 16.3. The van der Waals surface area contributed by atoms with Gasteiger partial charge in [-0.1, -0.05) is 0 Å². The summed E-state index contributed by atoms with van der Waals surface area (Å²) >= 11 is 0. The second kappa shape index (κ2) is 5.13. The highest BCUT2D eigenvalue weighted by Gasteiger charge is 2.22. The van der Waals surface area contributed by atoms with Crippen LogP contribution in [-0.4, -0.2) is 27.7 Å². The molecule has 2 aromatic rings. The van der Waals surface area contributed by atoms with E-state index in [-0.39, 0.29) is 11.7 Å². The van der Waals surface area contributed by atoms with Crippen LogP contribution in [0.25, 0.3) is 10.9 Å². The van der Waals surface area contributed by atoms with Gasteiger partial charge in [0.05, 0.1) is 17.0 Å². The lowest BCUT2D eigenvalue weighted by Gasteiger charge is -2.11. The third-order valence-electron chi connectivity index (χ3n) is 3.80. The van der Waals surface area contributed by atoms with Gasteiger partial charge in [0.1, 0.15) is 0 Å². The number of hydrogen-bond donors (Lipinski definition) is 4. The van der Waals surface area contributed by atoms with Gasteiger partial charge in [0.15, 0.2) is 0 Å². The number of nitrogens with two attached hydrogens (primary N) is 1. The molecule has 0 amide bonds. The average molecular weight is 274 g/mol. The fourth-order valence-corrected chi connectivity index (χ4v) is 2.71. The Labute approximate surface area is 116 Å². The Morgan fingerprint density at radius 3 is 3.05 bits per heavy atom. The first kappa shape index (κ1) is 12.9. The van der Waals surface area contributed by atoms with Gasteiger partial charge in [-0.2, -0.15) is 0 Å². The van der Waals surface area contributed by atoms with E-state index in [0.29, 0.717) is 35.0 Å². The van der Waals surface area contributed by atoms with Gasteiger partial charge in [-0.3, -0.25) is 9.78 Å². The van der Waals surface area contributed by atoms with Crippen LogP contribution in [0.15, 0.2) is 23.0 Å². The third-order valence-corrected chi connectivity index (χ3v) is 3.80. The first-order valence-corrected chi connectivity index (χ1v) is 6.83. The van der Waals surface area contributed by atoms with E-state index in [2.05, 4.69) is 15.3 Å². The number of aromatic amines is 1. The number of aliphatic hydroxyl groups is 1. The highest BCUT2D eigenvalue weighted by Crippen LogP contribution is 2.25. The minimum atomic E-state index is -0.198. The fourth-order valence-electron chi connectivity index (χ4n) is 2.71. The highest BCUT2D eigenvalue weighted by molar-refractivity contribution is 5.81. The molecule has 1 aromatic carbocycles. The molecule has 1 saturated carbocycles. The maximum Gasteiger partial charge on any atom is 0.260 e. The molecule has 1 heterocycles. The molecule has 2 atom stereocenters. The summed E-state index contributed by atoms with van der Waals surface area (Å²) in [7, 11) is 0. The molecule has 20 heavy (non-hydrogen) atoms. The Kier molecular flexibility index (Phi) is 3.31. The quantitative estimate of drug-likeness (QED) is 0.627. The van der Waals surface area contributed by atoms with Crippen LogP contribution in [0.4, 0.5) is 11.6 Å². The van der Waals surface area contributed by atoms with E-state index in [9.17, 15) is 9.90 Å². The number of nitrogen functional groups attached to an aromatic ring is 1. The number of aromatic nitrogens is 2. The van der Waals surface area contributed by atoms with Crippen molar-refractivity contribution >= 4 is 22.5 Å². The van der Waals surface area contributed by atoms with Crippen molar-refractivity contribution in [1.29, 1.82) is 0 Å². The molecule has 0 saturated heterocycles. The summed E-state index contributed by atoms with van der Waals surface area (Å²) < 4.78 is 0. The molecule has 1 fully saturated rings. The largest absolute Gasteiger partial charge is 0.399 e.